The average molecular weight is 553 g/mol. The lowest BCUT2D eigenvalue weighted by Gasteiger charge is -2.50. The standard InChI is InChI=1S/C20H26Cl2F3N3O3S.ClH/c1-2-32(30,31)28-9-7-27(8-10-28)19(3-5-20(24,25)6-4-19)13-26-18(29)14-11-17(23)16(22)12-15(14)21;/h11-12H,2-10,13H2,1H3,(H,26,29);1H. The molecule has 1 amide bonds. The van der Waals surface area contributed by atoms with E-state index in [2.05, 4.69) is 5.32 Å². The molecule has 0 radical (unpaired) electrons. The number of nitrogens with zero attached hydrogens (tertiary/aromatic N) is 2. The van der Waals surface area contributed by atoms with Gasteiger partial charge in [-0.1, -0.05) is 23.2 Å². The Hall–Kier alpha value is -0.780. The topological polar surface area (TPSA) is 69.7 Å². The highest BCUT2D eigenvalue weighted by atomic mass is 35.5. The van der Waals surface area contributed by atoms with E-state index in [-0.39, 0.29) is 79.1 Å². The molecular weight excluding hydrogens is 526 g/mol. The predicted molar refractivity (Wildman–Crippen MR) is 125 cm³/mol. The SMILES string of the molecule is CCS(=O)(=O)N1CCN(C2(CNC(=O)c3cc(F)c(Cl)cc3Cl)CCC(F)(F)CC2)CC1.Cl. The van der Waals surface area contributed by atoms with E-state index < -0.39 is 33.2 Å². The van der Waals surface area contributed by atoms with Crippen LogP contribution in [0.25, 0.3) is 0 Å². The number of hydrogen-bond donors (Lipinski definition) is 1. The minimum absolute atomic E-state index is 0. The van der Waals surface area contributed by atoms with Crippen LogP contribution in [0.2, 0.25) is 10.0 Å². The van der Waals surface area contributed by atoms with E-state index >= 15 is 0 Å². The van der Waals surface area contributed by atoms with Crippen LogP contribution in [0.3, 0.4) is 0 Å². The summed E-state index contributed by atoms with van der Waals surface area (Å²) < 4.78 is 67.4. The van der Waals surface area contributed by atoms with Crippen molar-refractivity contribution < 1.29 is 26.4 Å². The molecule has 0 unspecified atom stereocenters. The number of halogens is 6. The molecule has 1 aromatic rings. The van der Waals surface area contributed by atoms with Crippen LogP contribution in [-0.4, -0.2) is 73.5 Å². The van der Waals surface area contributed by atoms with Crippen molar-refractivity contribution in [1.82, 2.24) is 14.5 Å². The van der Waals surface area contributed by atoms with Crippen molar-refractivity contribution in [3.05, 3.63) is 33.6 Å². The third-order valence-electron chi connectivity index (χ3n) is 6.41. The smallest absolute Gasteiger partial charge is 0.252 e. The van der Waals surface area contributed by atoms with Gasteiger partial charge in [-0.05, 0) is 31.9 Å². The molecule has 33 heavy (non-hydrogen) atoms. The molecule has 2 fully saturated rings. The molecule has 0 aromatic heterocycles. The lowest BCUT2D eigenvalue weighted by atomic mass is 9.78. The maximum Gasteiger partial charge on any atom is 0.252 e. The Morgan fingerprint density at radius 1 is 1.06 bits per heavy atom. The first-order valence-corrected chi connectivity index (χ1v) is 12.8. The van der Waals surface area contributed by atoms with E-state index in [4.69, 9.17) is 23.2 Å². The lowest BCUT2D eigenvalue weighted by molar-refractivity contribution is -0.0856. The molecule has 6 nitrogen and oxygen atoms in total. The number of sulfonamides is 1. The summed E-state index contributed by atoms with van der Waals surface area (Å²) in [6.45, 7) is 2.90. The fraction of sp³-hybridized carbons (Fsp3) is 0.650. The summed E-state index contributed by atoms with van der Waals surface area (Å²) >= 11 is 11.7. The molecule has 1 heterocycles. The van der Waals surface area contributed by atoms with Crippen molar-refractivity contribution in [2.75, 3.05) is 38.5 Å². The van der Waals surface area contributed by atoms with Gasteiger partial charge in [0.25, 0.3) is 5.91 Å². The number of rotatable bonds is 6. The van der Waals surface area contributed by atoms with Gasteiger partial charge < -0.3 is 5.32 Å². The minimum atomic E-state index is -3.33. The van der Waals surface area contributed by atoms with Crippen LogP contribution in [0.4, 0.5) is 13.2 Å². The van der Waals surface area contributed by atoms with Gasteiger partial charge in [0.1, 0.15) is 5.82 Å². The molecule has 1 N–H and O–H groups in total. The summed E-state index contributed by atoms with van der Waals surface area (Å²) in [5, 5.41) is 2.49. The minimum Gasteiger partial charge on any atom is -0.350 e. The van der Waals surface area contributed by atoms with Crippen molar-refractivity contribution in [2.24, 2.45) is 0 Å². The number of piperazine rings is 1. The Bertz CT molecular complexity index is 964. The lowest BCUT2D eigenvalue weighted by Crippen LogP contribution is -2.63. The van der Waals surface area contributed by atoms with Gasteiger partial charge in [0.2, 0.25) is 15.9 Å². The molecule has 188 valence electrons. The number of carbonyl (C=O) groups excluding carboxylic acids is 1. The molecule has 3 rings (SSSR count). The Morgan fingerprint density at radius 3 is 2.18 bits per heavy atom. The molecular formula is C20H27Cl3F3N3O3S. The van der Waals surface area contributed by atoms with Gasteiger partial charge in [-0.2, -0.15) is 4.31 Å². The maximum atomic E-state index is 13.9. The van der Waals surface area contributed by atoms with Crippen molar-refractivity contribution in [3.8, 4) is 0 Å². The van der Waals surface area contributed by atoms with Crippen molar-refractivity contribution in [1.29, 1.82) is 0 Å². The summed E-state index contributed by atoms with van der Waals surface area (Å²) in [5.74, 6) is -4.20. The number of benzene rings is 1. The quantitative estimate of drug-likeness (QED) is 0.537. The van der Waals surface area contributed by atoms with Crippen LogP contribution in [-0.2, 0) is 10.0 Å². The molecule has 0 bridgehead atoms. The van der Waals surface area contributed by atoms with Gasteiger partial charge >= 0.3 is 0 Å². The Morgan fingerprint density at radius 2 is 1.64 bits per heavy atom. The Balaban J connectivity index is 0.00000385. The molecule has 1 aromatic carbocycles. The van der Waals surface area contributed by atoms with Crippen LogP contribution in [0.15, 0.2) is 12.1 Å². The van der Waals surface area contributed by atoms with Crippen LogP contribution >= 0.6 is 35.6 Å². The normalized spacial score (nSPS) is 21.3. The summed E-state index contributed by atoms with van der Waals surface area (Å²) in [6.07, 6.45) is -0.369. The highest BCUT2D eigenvalue weighted by Gasteiger charge is 2.47. The molecule has 1 saturated heterocycles. The third-order valence-corrected chi connectivity index (χ3v) is 8.90. The van der Waals surface area contributed by atoms with Gasteiger partial charge in [0.05, 0.1) is 21.4 Å². The van der Waals surface area contributed by atoms with Crippen LogP contribution in [0.5, 0.6) is 0 Å². The largest absolute Gasteiger partial charge is 0.350 e. The molecule has 0 spiro atoms. The zero-order valence-electron chi connectivity index (χ0n) is 18.1. The molecule has 2 aliphatic rings. The summed E-state index contributed by atoms with van der Waals surface area (Å²) in [5.41, 5.74) is -0.847. The number of nitrogens with one attached hydrogen (secondary N) is 1. The average Bonchev–Trinajstić information content (AvgIpc) is 2.76. The van der Waals surface area contributed by atoms with Gasteiger partial charge in [-0.25, -0.2) is 21.6 Å². The van der Waals surface area contributed by atoms with Crippen molar-refractivity contribution >= 4 is 51.5 Å². The zero-order chi connectivity index (χ0) is 23.7. The van der Waals surface area contributed by atoms with Crippen LogP contribution in [0, 0.1) is 5.82 Å². The Kier molecular flexibility index (Phi) is 9.37. The molecule has 1 aliphatic carbocycles. The van der Waals surface area contributed by atoms with E-state index in [1.165, 1.54) is 4.31 Å². The molecule has 1 saturated carbocycles. The van der Waals surface area contributed by atoms with Gasteiger partial charge in [0.15, 0.2) is 0 Å². The van der Waals surface area contributed by atoms with E-state index in [0.717, 1.165) is 12.1 Å². The van der Waals surface area contributed by atoms with Crippen molar-refractivity contribution in [3.63, 3.8) is 0 Å². The monoisotopic (exact) mass is 551 g/mol. The van der Waals surface area contributed by atoms with Crippen LogP contribution < -0.4 is 5.32 Å². The van der Waals surface area contributed by atoms with Gasteiger partial charge in [0, 0.05) is 51.1 Å². The fourth-order valence-electron chi connectivity index (χ4n) is 4.35. The van der Waals surface area contributed by atoms with Crippen LogP contribution in [0.1, 0.15) is 43.0 Å². The predicted octanol–water partition coefficient (Wildman–Crippen LogP) is 4.20. The molecule has 1 aliphatic heterocycles. The Labute approximate surface area is 208 Å². The highest BCUT2D eigenvalue weighted by Crippen LogP contribution is 2.42. The van der Waals surface area contributed by atoms with E-state index in [1.54, 1.807) is 6.92 Å². The number of alkyl halides is 2. The first-order chi connectivity index (χ1) is 14.9. The summed E-state index contributed by atoms with van der Waals surface area (Å²) in [7, 11) is -3.33. The third kappa shape index (κ3) is 6.46. The summed E-state index contributed by atoms with van der Waals surface area (Å²) in [6, 6.07) is 2.08. The zero-order valence-corrected chi connectivity index (χ0v) is 21.2. The molecule has 13 heteroatoms. The number of amides is 1. The van der Waals surface area contributed by atoms with Gasteiger partial charge in [-0.15, -0.1) is 12.4 Å². The van der Waals surface area contributed by atoms with E-state index in [9.17, 15) is 26.4 Å². The van der Waals surface area contributed by atoms with E-state index in [0.29, 0.717) is 13.1 Å². The molecule has 0 atom stereocenters. The number of hydrogen-bond acceptors (Lipinski definition) is 4. The van der Waals surface area contributed by atoms with Gasteiger partial charge in [-0.3, -0.25) is 9.69 Å². The second-order valence-electron chi connectivity index (χ2n) is 8.30. The van der Waals surface area contributed by atoms with Crippen molar-refractivity contribution in [2.45, 2.75) is 44.1 Å². The number of carbonyl (C=O) groups is 1. The highest BCUT2D eigenvalue weighted by molar-refractivity contribution is 7.89. The maximum absolute atomic E-state index is 13.9. The first kappa shape index (κ1) is 28.5. The second-order valence-corrected chi connectivity index (χ2v) is 11.4. The summed E-state index contributed by atoms with van der Waals surface area (Å²) in [4.78, 5) is 14.7. The first-order valence-electron chi connectivity index (χ1n) is 10.4. The fourth-order valence-corrected chi connectivity index (χ4v) is 5.90. The van der Waals surface area contributed by atoms with E-state index in [1.807, 2.05) is 4.90 Å². The second kappa shape index (κ2) is 10.9.